The molecule has 0 aliphatic heterocycles. The predicted octanol–water partition coefficient (Wildman–Crippen LogP) is 3.42. The Morgan fingerprint density at radius 3 is 2.58 bits per heavy atom. The molecule has 1 aromatic carbocycles. The van der Waals surface area contributed by atoms with Crippen LogP contribution in [0.25, 0.3) is 0 Å². The Balaban J connectivity index is 2.02. The third-order valence-electron chi connectivity index (χ3n) is 3.62. The number of halogens is 1. The molecule has 0 aromatic heterocycles. The highest BCUT2D eigenvalue weighted by molar-refractivity contribution is 9.10. The zero-order chi connectivity index (χ0) is 13.9. The van der Waals surface area contributed by atoms with Gasteiger partial charge in [-0.3, -0.25) is 9.59 Å². The Bertz CT molecular complexity index is 495. The number of aliphatic carboxylic acids is 1. The molecule has 2 N–H and O–H groups in total. The molecule has 0 saturated heterocycles. The Morgan fingerprint density at radius 1 is 1.32 bits per heavy atom. The largest absolute Gasteiger partial charge is 0.481 e. The lowest BCUT2D eigenvalue weighted by atomic mass is 9.82. The topological polar surface area (TPSA) is 66.4 Å². The minimum Gasteiger partial charge on any atom is -0.481 e. The van der Waals surface area contributed by atoms with E-state index in [0.717, 1.165) is 17.3 Å². The Morgan fingerprint density at radius 2 is 2.00 bits per heavy atom. The second-order valence-corrected chi connectivity index (χ2v) is 5.94. The van der Waals surface area contributed by atoms with Crippen molar-refractivity contribution < 1.29 is 14.7 Å². The molecule has 0 heterocycles. The number of carboxylic acid groups (broad SMARTS) is 1. The van der Waals surface area contributed by atoms with Crippen molar-refractivity contribution in [1.29, 1.82) is 0 Å². The summed E-state index contributed by atoms with van der Waals surface area (Å²) in [5, 5.41) is 12.1. The highest BCUT2D eigenvalue weighted by Gasteiger charge is 2.42. The molecule has 102 valence electrons. The number of hydrogen-bond donors (Lipinski definition) is 2. The van der Waals surface area contributed by atoms with Gasteiger partial charge in [-0.1, -0.05) is 34.8 Å². The van der Waals surface area contributed by atoms with Gasteiger partial charge >= 0.3 is 5.97 Å². The molecule has 1 amide bonds. The van der Waals surface area contributed by atoms with Crippen molar-refractivity contribution >= 4 is 33.5 Å². The molecule has 0 spiro atoms. The monoisotopic (exact) mass is 325 g/mol. The van der Waals surface area contributed by atoms with Gasteiger partial charge in [-0.25, -0.2) is 0 Å². The first-order valence-corrected chi connectivity index (χ1v) is 7.10. The summed E-state index contributed by atoms with van der Waals surface area (Å²) in [5.41, 5.74) is -0.186. The lowest BCUT2D eigenvalue weighted by Gasteiger charge is -2.22. The van der Waals surface area contributed by atoms with Crippen LogP contribution in [0.1, 0.15) is 32.1 Å². The van der Waals surface area contributed by atoms with E-state index in [1.54, 1.807) is 12.1 Å². The summed E-state index contributed by atoms with van der Waals surface area (Å²) in [7, 11) is 0. The Labute approximate surface area is 120 Å². The van der Waals surface area contributed by atoms with Gasteiger partial charge in [0.15, 0.2) is 0 Å². The zero-order valence-electron chi connectivity index (χ0n) is 10.5. The molecule has 19 heavy (non-hydrogen) atoms. The molecule has 0 radical (unpaired) electrons. The van der Waals surface area contributed by atoms with E-state index in [1.807, 2.05) is 12.1 Å². The maximum atomic E-state index is 12.0. The second-order valence-electron chi connectivity index (χ2n) is 5.03. The van der Waals surface area contributed by atoms with E-state index < -0.39 is 11.4 Å². The quantitative estimate of drug-likeness (QED) is 0.891. The summed E-state index contributed by atoms with van der Waals surface area (Å²) in [6.07, 6.45) is 3.00. The third kappa shape index (κ3) is 3.35. The van der Waals surface area contributed by atoms with Crippen LogP contribution in [0.4, 0.5) is 5.69 Å². The summed E-state index contributed by atoms with van der Waals surface area (Å²) in [6.45, 7) is 0. The van der Waals surface area contributed by atoms with Crippen molar-refractivity contribution in [1.82, 2.24) is 0 Å². The SMILES string of the molecule is O=C(CC1(C(=O)O)CCCC1)Nc1cccc(Br)c1. The molecule has 1 fully saturated rings. The van der Waals surface area contributed by atoms with Crippen LogP contribution in [-0.4, -0.2) is 17.0 Å². The molecular formula is C14H16BrNO3. The van der Waals surface area contributed by atoms with Crippen LogP contribution in [-0.2, 0) is 9.59 Å². The van der Waals surface area contributed by atoms with E-state index in [9.17, 15) is 14.7 Å². The average molecular weight is 326 g/mol. The van der Waals surface area contributed by atoms with Gasteiger partial charge in [0, 0.05) is 16.6 Å². The summed E-state index contributed by atoms with van der Waals surface area (Å²) < 4.78 is 0.874. The smallest absolute Gasteiger partial charge is 0.310 e. The minimum atomic E-state index is -0.865. The van der Waals surface area contributed by atoms with Gasteiger partial charge in [-0.2, -0.15) is 0 Å². The molecule has 2 rings (SSSR count). The highest BCUT2D eigenvalue weighted by atomic mass is 79.9. The molecule has 0 atom stereocenters. The first kappa shape index (κ1) is 14.1. The maximum Gasteiger partial charge on any atom is 0.310 e. The highest BCUT2D eigenvalue weighted by Crippen LogP contribution is 2.41. The minimum absolute atomic E-state index is 0.0504. The van der Waals surface area contributed by atoms with Gasteiger partial charge in [0.1, 0.15) is 0 Å². The van der Waals surface area contributed by atoms with E-state index in [1.165, 1.54) is 0 Å². The fourth-order valence-electron chi connectivity index (χ4n) is 2.60. The third-order valence-corrected chi connectivity index (χ3v) is 4.11. The van der Waals surface area contributed by atoms with Crippen molar-refractivity contribution in [2.24, 2.45) is 5.41 Å². The predicted molar refractivity (Wildman–Crippen MR) is 75.9 cm³/mol. The van der Waals surface area contributed by atoms with E-state index >= 15 is 0 Å². The first-order valence-electron chi connectivity index (χ1n) is 6.31. The van der Waals surface area contributed by atoms with Crippen molar-refractivity contribution in [2.75, 3.05) is 5.32 Å². The molecule has 1 aliphatic carbocycles. The fourth-order valence-corrected chi connectivity index (χ4v) is 3.00. The number of benzene rings is 1. The number of anilines is 1. The van der Waals surface area contributed by atoms with E-state index in [-0.39, 0.29) is 12.3 Å². The summed E-state index contributed by atoms with van der Waals surface area (Å²) in [5.74, 6) is -1.09. The van der Waals surface area contributed by atoms with Gasteiger partial charge in [0.05, 0.1) is 5.41 Å². The van der Waals surface area contributed by atoms with Crippen LogP contribution in [0.5, 0.6) is 0 Å². The normalized spacial score (nSPS) is 17.1. The Kier molecular flexibility index (Phi) is 4.24. The lowest BCUT2D eigenvalue weighted by Crippen LogP contribution is -2.32. The van der Waals surface area contributed by atoms with Crippen molar-refractivity contribution in [2.45, 2.75) is 32.1 Å². The summed E-state index contributed by atoms with van der Waals surface area (Å²) >= 11 is 3.33. The van der Waals surface area contributed by atoms with Crippen LogP contribution >= 0.6 is 15.9 Å². The molecule has 5 heteroatoms. The van der Waals surface area contributed by atoms with Crippen LogP contribution in [0, 0.1) is 5.41 Å². The molecule has 4 nitrogen and oxygen atoms in total. The van der Waals surface area contributed by atoms with Crippen LogP contribution in [0.15, 0.2) is 28.7 Å². The maximum absolute atomic E-state index is 12.0. The summed E-state index contributed by atoms with van der Waals surface area (Å²) in [4.78, 5) is 23.4. The van der Waals surface area contributed by atoms with Gasteiger partial charge < -0.3 is 10.4 Å². The van der Waals surface area contributed by atoms with E-state index in [0.29, 0.717) is 18.5 Å². The second kappa shape index (κ2) is 5.74. The Hall–Kier alpha value is -1.36. The number of rotatable bonds is 4. The van der Waals surface area contributed by atoms with Gasteiger partial charge in [0.25, 0.3) is 0 Å². The standard InChI is InChI=1S/C14H16BrNO3/c15-10-4-3-5-11(8-10)16-12(17)9-14(13(18)19)6-1-2-7-14/h3-5,8H,1-2,6-7,9H2,(H,16,17)(H,18,19). The lowest BCUT2D eigenvalue weighted by molar-refractivity contribution is -0.150. The summed E-state index contributed by atoms with van der Waals surface area (Å²) in [6, 6.07) is 7.26. The van der Waals surface area contributed by atoms with Crippen molar-refractivity contribution in [3.05, 3.63) is 28.7 Å². The van der Waals surface area contributed by atoms with E-state index in [2.05, 4.69) is 21.2 Å². The molecule has 1 aromatic rings. The molecule has 0 bridgehead atoms. The zero-order valence-corrected chi connectivity index (χ0v) is 12.1. The molecular weight excluding hydrogens is 310 g/mol. The van der Waals surface area contributed by atoms with Crippen LogP contribution in [0.3, 0.4) is 0 Å². The van der Waals surface area contributed by atoms with E-state index in [4.69, 9.17) is 0 Å². The van der Waals surface area contributed by atoms with Gasteiger partial charge in [-0.05, 0) is 31.0 Å². The average Bonchev–Trinajstić information content (AvgIpc) is 2.78. The van der Waals surface area contributed by atoms with Crippen LogP contribution < -0.4 is 5.32 Å². The number of nitrogens with one attached hydrogen (secondary N) is 1. The number of carbonyl (C=O) groups excluding carboxylic acids is 1. The van der Waals surface area contributed by atoms with Crippen molar-refractivity contribution in [3.8, 4) is 0 Å². The fraction of sp³-hybridized carbons (Fsp3) is 0.429. The molecule has 1 saturated carbocycles. The number of hydrogen-bond acceptors (Lipinski definition) is 2. The first-order chi connectivity index (χ1) is 9.02. The van der Waals surface area contributed by atoms with Gasteiger partial charge in [0.2, 0.25) is 5.91 Å². The number of carbonyl (C=O) groups is 2. The van der Waals surface area contributed by atoms with Crippen LogP contribution in [0.2, 0.25) is 0 Å². The van der Waals surface area contributed by atoms with Crippen molar-refractivity contribution in [3.63, 3.8) is 0 Å². The number of carboxylic acids is 1. The van der Waals surface area contributed by atoms with Gasteiger partial charge in [-0.15, -0.1) is 0 Å². The molecule has 1 aliphatic rings. The number of amides is 1. The molecule has 0 unspecified atom stereocenters.